The summed E-state index contributed by atoms with van der Waals surface area (Å²) in [5.41, 5.74) is 4.13. The lowest BCUT2D eigenvalue weighted by atomic mass is 10.0. The Morgan fingerprint density at radius 2 is 1.86 bits per heavy atom. The molecule has 0 N–H and O–H groups in total. The quantitative estimate of drug-likeness (QED) is 0.240. The smallest absolute Gasteiger partial charge is 0.306 e. The van der Waals surface area contributed by atoms with Gasteiger partial charge in [-0.25, -0.2) is 9.37 Å². The molecule has 0 bridgehead atoms. The average Bonchev–Trinajstić information content (AvgIpc) is 3.18. The maximum Gasteiger partial charge on any atom is 0.306 e. The van der Waals surface area contributed by atoms with Crippen LogP contribution in [0.15, 0.2) is 90.6 Å². The van der Waals surface area contributed by atoms with Crippen molar-refractivity contribution in [3.8, 4) is 11.4 Å². The van der Waals surface area contributed by atoms with Crippen LogP contribution >= 0.6 is 0 Å². The molecule has 2 aromatic carbocycles. The molecule has 3 aromatic rings. The Balaban J connectivity index is 1.55. The Kier molecular flexibility index (Phi) is 9.47. The topological polar surface area (TPSA) is 64.4 Å². The molecule has 1 aliphatic carbocycles. The number of aromatic nitrogens is 2. The van der Waals surface area contributed by atoms with Gasteiger partial charge < -0.3 is 14.2 Å². The monoisotopic (exact) mass is 567 g/mol. The third-order valence-electron chi connectivity index (χ3n) is 7.71. The summed E-state index contributed by atoms with van der Waals surface area (Å²) in [5.74, 6) is -0.0406. The third kappa shape index (κ3) is 7.14. The first-order valence-corrected chi connectivity index (χ1v) is 14.8. The van der Waals surface area contributed by atoms with Crippen LogP contribution in [-0.4, -0.2) is 39.0 Å². The number of hydrogen-bond acceptors (Lipinski definition) is 4. The second-order valence-electron chi connectivity index (χ2n) is 11.3. The number of carbonyl (C=O) groups excluding carboxylic acids is 2. The Morgan fingerprint density at radius 1 is 1.07 bits per heavy atom. The average molecular weight is 568 g/mol. The van der Waals surface area contributed by atoms with Crippen molar-refractivity contribution in [1.82, 2.24) is 14.5 Å². The minimum atomic E-state index is -0.333. The number of hydrogen-bond donors (Lipinski definition) is 0. The van der Waals surface area contributed by atoms with Gasteiger partial charge >= 0.3 is 5.97 Å². The number of amides is 1. The van der Waals surface area contributed by atoms with Crippen LogP contribution in [0.25, 0.3) is 11.4 Å². The zero-order chi connectivity index (χ0) is 29.5. The highest BCUT2D eigenvalue weighted by Crippen LogP contribution is 2.31. The molecule has 6 nitrogen and oxygen atoms in total. The molecule has 1 atom stereocenters. The normalized spacial score (nSPS) is 16.7. The predicted octanol–water partition coefficient (Wildman–Crippen LogP) is 7.38. The van der Waals surface area contributed by atoms with Crippen molar-refractivity contribution in [2.45, 2.75) is 71.1 Å². The second-order valence-corrected chi connectivity index (χ2v) is 11.3. The number of imidazole rings is 1. The van der Waals surface area contributed by atoms with E-state index in [4.69, 9.17) is 9.72 Å². The summed E-state index contributed by atoms with van der Waals surface area (Å²) in [6, 6.07) is 16.2. The van der Waals surface area contributed by atoms with Gasteiger partial charge in [0.2, 0.25) is 0 Å². The summed E-state index contributed by atoms with van der Waals surface area (Å²) >= 11 is 0. The first-order chi connectivity index (χ1) is 20.4. The minimum Gasteiger partial charge on any atom is -0.462 e. The molecule has 1 saturated heterocycles. The molecule has 7 heteroatoms. The number of benzene rings is 2. The van der Waals surface area contributed by atoms with E-state index in [1.165, 1.54) is 12.1 Å². The van der Waals surface area contributed by atoms with Crippen LogP contribution in [0.5, 0.6) is 0 Å². The fraction of sp³-hybridized carbons (Fsp3) is 0.343. The van der Waals surface area contributed by atoms with Crippen LogP contribution in [0.4, 0.5) is 4.39 Å². The van der Waals surface area contributed by atoms with E-state index >= 15 is 0 Å². The lowest BCUT2D eigenvalue weighted by molar-refractivity contribution is -0.154. The fourth-order valence-electron chi connectivity index (χ4n) is 5.65. The number of halogens is 1. The van der Waals surface area contributed by atoms with Crippen LogP contribution < -0.4 is 0 Å². The van der Waals surface area contributed by atoms with Crippen LogP contribution in [0, 0.1) is 5.82 Å². The predicted molar refractivity (Wildman–Crippen MR) is 162 cm³/mol. The van der Waals surface area contributed by atoms with Crippen LogP contribution in [0.3, 0.4) is 0 Å². The molecule has 42 heavy (non-hydrogen) atoms. The molecule has 1 aliphatic heterocycles. The summed E-state index contributed by atoms with van der Waals surface area (Å²) in [6.45, 7) is 5.56. The molecular weight excluding hydrogens is 529 g/mol. The van der Waals surface area contributed by atoms with Gasteiger partial charge in [-0.3, -0.25) is 9.59 Å². The number of carbonyl (C=O) groups is 2. The van der Waals surface area contributed by atoms with E-state index in [1.807, 2.05) is 53.5 Å². The SMILES string of the molecule is CC(C)c1c(C(=O)N(CC2=CC=CC=CC2)Cc2ccccc2)nc(-c2ccc(F)cc2)n1CCC1CCCC(=O)O1. The van der Waals surface area contributed by atoms with Crippen molar-refractivity contribution in [3.63, 3.8) is 0 Å². The molecule has 1 unspecified atom stereocenters. The minimum absolute atomic E-state index is 0.0129. The number of allylic oxidation sites excluding steroid dienone is 5. The van der Waals surface area contributed by atoms with Crippen molar-refractivity contribution in [3.05, 3.63) is 113 Å². The number of ether oxygens (including phenoxy) is 1. The Bertz CT molecular complexity index is 1490. The number of esters is 1. The molecule has 1 aromatic heterocycles. The zero-order valence-electron chi connectivity index (χ0n) is 24.3. The van der Waals surface area contributed by atoms with Gasteiger partial charge in [-0.1, -0.05) is 74.6 Å². The summed E-state index contributed by atoms with van der Waals surface area (Å²) in [6.07, 6.45) is 13.5. The highest BCUT2D eigenvalue weighted by Gasteiger charge is 2.30. The maximum atomic E-state index is 14.5. The van der Waals surface area contributed by atoms with Gasteiger partial charge in [-0.05, 0) is 60.6 Å². The third-order valence-corrected chi connectivity index (χ3v) is 7.71. The fourth-order valence-corrected chi connectivity index (χ4v) is 5.65. The van der Waals surface area contributed by atoms with Crippen molar-refractivity contribution in [2.75, 3.05) is 6.54 Å². The Labute approximate surface area is 247 Å². The summed E-state index contributed by atoms with van der Waals surface area (Å²) in [7, 11) is 0. The Morgan fingerprint density at radius 3 is 2.60 bits per heavy atom. The standard InChI is InChI=1S/C35H38FN3O3/c1-25(2)33-32(35(41)38(24-27-13-8-5-9-14-27)23-26-11-6-3-4-7-12-26)37-34(28-17-19-29(36)20-18-28)39(33)22-21-30-15-10-16-31(40)42-30/h3-9,11,13-14,17-20,25,30H,10,12,15-16,21-24H2,1-2H3. The molecule has 2 heterocycles. The van der Waals surface area contributed by atoms with E-state index < -0.39 is 0 Å². The van der Waals surface area contributed by atoms with Gasteiger partial charge in [0.1, 0.15) is 17.7 Å². The first-order valence-electron chi connectivity index (χ1n) is 14.8. The van der Waals surface area contributed by atoms with Crippen LogP contribution in [-0.2, 0) is 22.6 Å². The molecule has 1 amide bonds. The van der Waals surface area contributed by atoms with Crippen LogP contribution in [0.2, 0.25) is 0 Å². The van der Waals surface area contributed by atoms with Gasteiger partial charge in [-0.2, -0.15) is 0 Å². The highest BCUT2D eigenvalue weighted by molar-refractivity contribution is 5.94. The number of cyclic esters (lactones) is 1. The van der Waals surface area contributed by atoms with E-state index in [0.29, 0.717) is 44.0 Å². The summed E-state index contributed by atoms with van der Waals surface area (Å²) < 4.78 is 21.6. The molecule has 1 fully saturated rings. The molecular formula is C35H38FN3O3. The van der Waals surface area contributed by atoms with Gasteiger partial charge in [0.05, 0.1) is 5.69 Å². The van der Waals surface area contributed by atoms with E-state index in [9.17, 15) is 14.0 Å². The molecule has 218 valence electrons. The zero-order valence-corrected chi connectivity index (χ0v) is 24.3. The summed E-state index contributed by atoms with van der Waals surface area (Å²) in [4.78, 5) is 33.3. The summed E-state index contributed by atoms with van der Waals surface area (Å²) in [5, 5.41) is 0. The molecule has 0 saturated carbocycles. The van der Waals surface area contributed by atoms with Crippen molar-refractivity contribution in [1.29, 1.82) is 0 Å². The van der Waals surface area contributed by atoms with Crippen LogP contribution in [0.1, 0.15) is 73.6 Å². The number of rotatable bonds is 10. The van der Waals surface area contributed by atoms with E-state index in [1.54, 1.807) is 12.1 Å². The lowest BCUT2D eigenvalue weighted by Crippen LogP contribution is -2.33. The van der Waals surface area contributed by atoms with Gasteiger partial charge in [-0.15, -0.1) is 0 Å². The van der Waals surface area contributed by atoms with Gasteiger partial charge in [0.25, 0.3) is 5.91 Å². The lowest BCUT2D eigenvalue weighted by Gasteiger charge is -2.25. The van der Waals surface area contributed by atoms with E-state index in [0.717, 1.165) is 41.7 Å². The van der Waals surface area contributed by atoms with Crippen molar-refractivity contribution in [2.24, 2.45) is 0 Å². The largest absolute Gasteiger partial charge is 0.462 e. The second kappa shape index (κ2) is 13.6. The van der Waals surface area contributed by atoms with E-state index in [-0.39, 0.29) is 29.7 Å². The molecule has 0 spiro atoms. The maximum absolute atomic E-state index is 14.5. The van der Waals surface area contributed by atoms with Crippen molar-refractivity contribution >= 4 is 11.9 Å². The highest BCUT2D eigenvalue weighted by atomic mass is 19.1. The molecule has 2 aliphatic rings. The molecule has 5 rings (SSSR count). The number of nitrogens with zero attached hydrogens (tertiary/aromatic N) is 3. The Hall–Kier alpha value is -4.26. The van der Waals surface area contributed by atoms with E-state index in [2.05, 4.69) is 30.6 Å². The van der Waals surface area contributed by atoms with Gasteiger partial charge in [0, 0.05) is 38.0 Å². The van der Waals surface area contributed by atoms with Crippen molar-refractivity contribution < 1.29 is 18.7 Å². The molecule has 0 radical (unpaired) electrons. The first kappa shape index (κ1) is 29.2. The van der Waals surface area contributed by atoms with Gasteiger partial charge in [0.15, 0.2) is 5.69 Å².